The van der Waals surface area contributed by atoms with E-state index in [4.69, 9.17) is 5.73 Å². The number of hydrogen-bond donors (Lipinski definition) is 2. The van der Waals surface area contributed by atoms with Gasteiger partial charge in [0, 0.05) is 35.0 Å². The van der Waals surface area contributed by atoms with Crippen molar-refractivity contribution in [3.8, 4) is 11.4 Å². The number of hydrogen-bond acceptors (Lipinski definition) is 5. The minimum absolute atomic E-state index is 0.195. The number of amides is 1. The highest BCUT2D eigenvalue weighted by atomic mass is 16.1. The molecule has 3 heterocycles. The lowest BCUT2D eigenvalue weighted by molar-refractivity contribution is 0.102. The number of rotatable bonds is 4. The number of fused-ring (bicyclic) bond motifs is 1. The van der Waals surface area contributed by atoms with Crippen molar-refractivity contribution in [2.75, 3.05) is 11.1 Å². The third kappa shape index (κ3) is 3.51. The number of nitrogens with one attached hydrogen (secondary N) is 1. The van der Waals surface area contributed by atoms with E-state index in [1.807, 2.05) is 77.0 Å². The van der Waals surface area contributed by atoms with E-state index in [1.165, 1.54) is 6.33 Å². The first-order valence-electron chi connectivity index (χ1n) is 9.69. The highest BCUT2D eigenvalue weighted by Gasteiger charge is 2.11. The molecule has 0 unspecified atom stereocenters. The van der Waals surface area contributed by atoms with Crippen LogP contribution in [-0.2, 0) is 0 Å². The zero-order chi connectivity index (χ0) is 21.4. The molecule has 0 spiro atoms. The van der Waals surface area contributed by atoms with Gasteiger partial charge in [0.25, 0.3) is 5.91 Å². The number of nitrogens with zero attached hydrogens (tertiary/aromatic N) is 5. The van der Waals surface area contributed by atoms with Gasteiger partial charge < -0.3 is 20.2 Å². The smallest absolute Gasteiger partial charge is 0.255 e. The minimum Gasteiger partial charge on any atom is -0.383 e. The molecular formula is C23H19N7O. The molecule has 0 aliphatic carbocycles. The molecule has 3 N–H and O–H groups in total. The fourth-order valence-corrected chi connectivity index (χ4v) is 3.49. The van der Waals surface area contributed by atoms with Gasteiger partial charge in [-0.15, -0.1) is 0 Å². The summed E-state index contributed by atoms with van der Waals surface area (Å²) >= 11 is 0. The number of anilines is 2. The van der Waals surface area contributed by atoms with Crippen LogP contribution in [0.15, 0.2) is 79.6 Å². The van der Waals surface area contributed by atoms with E-state index < -0.39 is 0 Å². The second-order valence-electron chi connectivity index (χ2n) is 7.16. The summed E-state index contributed by atoms with van der Waals surface area (Å²) in [5.74, 6) is 0.237. The number of benzene rings is 2. The summed E-state index contributed by atoms with van der Waals surface area (Å²) < 4.78 is 3.79. The Kier molecular flexibility index (Phi) is 4.44. The number of nitrogens with two attached hydrogens (primary N) is 1. The van der Waals surface area contributed by atoms with E-state index in [9.17, 15) is 4.79 Å². The van der Waals surface area contributed by atoms with Gasteiger partial charge in [-0.2, -0.15) is 0 Å². The summed E-state index contributed by atoms with van der Waals surface area (Å²) in [4.78, 5) is 25.5. The number of nitrogen functional groups attached to an aromatic ring is 1. The first-order chi connectivity index (χ1) is 15.1. The van der Waals surface area contributed by atoms with Gasteiger partial charge in [0.2, 0.25) is 0 Å². The predicted octanol–water partition coefficient (Wildman–Crippen LogP) is 3.75. The average Bonchev–Trinajstić information content (AvgIpc) is 3.41. The Labute approximate surface area is 178 Å². The second kappa shape index (κ2) is 7.42. The number of aromatic nitrogens is 5. The molecule has 0 aliphatic heterocycles. The van der Waals surface area contributed by atoms with Crippen molar-refractivity contribution in [3.05, 3.63) is 90.9 Å². The van der Waals surface area contributed by atoms with Crippen LogP contribution in [-0.4, -0.2) is 30.0 Å². The Morgan fingerprint density at radius 1 is 1.00 bits per heavy atom. The van der Waals surface area contributed by atoms with E-state index in [2.05, 4.69) is 20.3 Å². The quantitative estimate of drug-likeness (QED) is 0.470. The molecule has 31 heavy (non-hydrogen) atoms. The van der Waals surface area contributed by atoms with Gasteiger partial charge in [0.1, 0.15) is 17.8 Å². The van der Waals surface area contributed by atoms with E-state index in [0.717, 1.165) is 22.5 Å². The van der Waals surface area contributed by atoms with Crippen molar-refractivity contribution < 1.29 is 4.79 Å². The van der Waals surface area contributed by atoms with Crippen LogP contribution in [0.5, 0.6) is 0 Å². The highest BCUT2D eigenvalue weighted by Crippen LogP contribution is 2.23. The number of imidazole rings is 1. The molecule has 2 aromatic carbocycles. The molecule has 0 bridgehead atoms. The van der Waals surface area contributed by atoms with Crippen molar-refractivity contribution >= 4 is 28.4 Å². The van der Waals surface area contributed by atoms with Crippen molar-refractivity contribution in [2.45, 2.75) is 6.92 Å². The largest absolute Gasteiger partial charge is 0.383 e. The maximum atomic E-state index is 12.9. The average molecular weight is 409 g/mol. The van der Waals surface area contributed by atoms with Crippen LogP contribution >= 0.6 is 0 Å². The van der Waals surface area contributed by atoms with Gasteiger partial charge in [-0.1, -0.05) is 12.1 Å². The summed E-state index contributed by atoms with van der Waals surface area (Å²) in [6.07, 6.45) is 6.97. The first kappa shape index (κ1) is 18.6. The fraction of sp³-hybridized carbons (Fsp3) is 0.0435. The molecule has 5 aromatic rings. The lowest BCUT2D eigenvalue weighted by atomic mass is 10.1. The van der Waals surface area contributed by atoms with Gasteiger partial charge in [-0.25, -0.2) is 15.0 Å². The Bertz CT molecular complexity index is 1420. The van der Waals surface area contributed by atoms with E-state index >= 15 is 0 Å². The van der Waals surface area contributed by atoms with Crippen LogP contribution < -0.4 is 11.1 Å². The maximum Gasteiger partial charge on any atom is 0.255 e. The molecule has 0 aliphatic rings. The Balaban J connectivity index is 1.42. The molecule has 8 heteroatoms. The van der Waals surface area contributed by atoms with Crippen molar-refractivity contribution in [1.82, 2.24) is 24.1 Å². The molecule has 0 radical (unpaired) electrons. The molecule has 8 nitrogen and oxygen atoms in total. The highest BCUT2D eigenvalue weighted by molar-refractivity contribution is 6.04. The second-order valence-corrected chi connectivity index (χ2v) is 7.16. The summed E-state index contributed by atoms with van der Waals surface area (Å²) in [7, 11) is 0. The van der Waals surface area contributed by atoms with Crippen molar-refractivity contribution in [2.24, 2.45) is 0 Å². The number of aryl methyl sites for hydroxylation is 1. The molecule has 3 aromatic heterocycles. The fourth-order valence-electron chi connectivity index (χ4n) is 3.49. The maximum absolute atomic E-state index is 12.9. The van der Waals surface area contributed by atoms with E-state index in [0.29, 0.717) is 22.7 Å². The van der Waals surface area contributed by atoms with Gasteiger partial charge in [-0.05, 0) is 49.4 Å². The number of carbonyl (C=O) groups is 1. The first-order valence-corrected chi connectivity index (χ1v) is 9.69. The normalized spacial score (nSPS) is 11.0. The summed E-state index contributed by atoms with van der Waals surface area (Å²) in [6.45, 7) is 1.92. The summed E-state index contributed by atoms with van der Waals surface area (Å²) in [6, 6.07) is 16.8. The van der Waals surface area contributed by atoms with Crippen LogP contribution in [0.1, 0.15) is 16.1 Å². The number of carbonyl (C=O) groups excluding carboxylic acids is 1. The SMILES string of the molecule is Cc1cn(-c2cccc(C(=O)Nc3cccc(-n4ccc5c(N)ncnc54)c3)c2)cn1. The lowest BCUT2D eigenvalue weighted by Crippen LogP contribution is -2.12. The zero-order valence-electron chi connectivity index (χ0n) is 16.7. The summed E-state index contributed by atoms with van der Waals surface area (Å²) in [5, 5.41) is 3.75. The third-order valence-electron chi connectivity index (χ3n) is 5.01. The minimum atomic E-state index is -0.195. The van der Waals surface area contributed by atoms with Crippen LogP contribution in [0, 0.1) is 6.92 Å². The molecule has 0 saturated heterocycles. The van der Waals surface area contributed by atoms with Crippen molar-refractivity contribution in [3.63, 3.8) is 0 Å². The van der Waals surface area contributed by atoms with Crippen LogP contribution in [0.4, 0.5) is 11.5 Å². The van der Waals surface area contributed by atoms with Gasteiger partial charge in [0.05, 0.1) is 17.4 Å². The zero-order valence-corrected chi connectivity index (χ0v) is 16.7. The summed E-state index contributed by atoms with van der Waals surface area (Å²) in [5.41, 5.74) is 10.5. The molecule has 152 valence electrons. The van der Waals surface area contributed by atoms with Gasteiger partial charge in [-0.3, -0.25) is 4.79 Å². The van der Waals surface area contributed by atoms with Crippen LogP contribution in [0.2, 0.25) is 0 Å². The third-order valence-corrected chi connectivity index (χ3v) is 5.01. The molecule has 0 saturated carbocycles. The molecule has 0 fully saturated rings. The molecule has 0 atom stereocenters. The lowest BCUT2D eigenvalue weighted by Gasteiger charge is -2.10. The topological polar surface area (TPSA) is 104 Å². The molecular weight excluding hydrogens is 390 g/mol. The Morgan fingerprint density at radius 2 is 1.84 bits per heavy atom. The van der Waals surface area contributed by atoms with E-state index in [1.54, 1.807) is 12.4 Å². The standard InChI is InChI=1S/C23H19N7O/c1-15-12-29(14-27-15)18-6-2-4-16(10-18)23(31)28-17-5-3-7-19(11-17)30-9-8-20-21(24)25-13-26-22(20)30/h2-14H,1H3,(H,28,31)(H2,24,25,26). The van der Waals surface area contributed by atoms with Gasteiger partial charge in [0.15, 0.2) is 0 Å². The van der Waals surface area contributed by atoms with Crippen LogP contribution in [0.3, 0.4) is 0 Å². The molecule has 5 rings (SSSR count). The van der Waals surface area contributed by atoms with Crippen molar-refractivity contribution in [1.29, 1.82) is 0 Å². The van der Waals surface area contributed by atoms with Gasteiger partial charge >= 0.3 is 0 Å². The van der Waals surface area contributed by atoms with E-state index in [-0.39, 0.29) is 5.91 Å². The predicted molar refractivity (Wildman–Crippen MR) is 120 cm³/mol. The monoisotopic (exact) mass is 409 g/mol. The Morgan fingerprint density at radius 3 is 2.68 bits per heavy atom. The van der Waals surface area contributed by atoms with Crippen LogP contribution in [0.25, 0.3) is 22.4 Å². The Hall–Kier alpha value is -4.46. The molecule has 1 amide bonds.